The van der Waals surface area contributed by atoms with Crippen molar-refractivity contribution >= 4 is 17.3 Å². The smallest absolute Gasteiger partial charge is 0.253 e. The molecule has 2 rings (SSSR count). The van der Waals surface area contributed by atoms with E-state index < -0.39 is 0 Å². The van der Waals surface area contributed by atoms with Gasteiger partial charge in [-0.15, -0.1) is 0 Å². The van der Waals surface area contributed by atoms with Crippen molar-refractivity contribution in [2.75, 3.05) is 0 Å². The average Bonchev–Trinajstić information content (AvgIpc) is 2.44. The Morgan fingerprint density at radius 2 is 2.14 bits per heavy atom. The standard InChI is InChI=1S/C11H13N2O/c1-8-12(2)10-5-4-9(7-14)6-11(10)13(8)3/h4-7H,1-3H3/q+1. The molecule has 3 heteroatoms. The van der Waals surface area contributed by atoms with Gasteiger partial charge in [0.15, 0.2) is 11.0 Å². The highest BCUT2D eigenvalue weighted by Crippen LogP contribution is 2.13. The summed E-state index contributed by atoms with van der Waals surface area (Å²) in [5.41, 5.74) is 2.96. The zero-order chi connectivity index (χ0) is 10.3. The van der Waals surface area contributed by atoms with Crippen LogP contribution < -0.4 is 4.57 Å². The lowest BCUT2D eigenvalue weighted by Gasteiger charge is -1.89. The summed E-state index contributed by atoms with van der Waals surface area (Å²) >= 11 is 0. The Hall–Kier alpha value is -1.64. The minimum atomic E-state index is 0.721. The number of aryl methyl sites for hydroxylation is 2. The van der Waals surface area contributed by atoms with Gasteiger partial charge in [-0.2, -0.15) is 0 Å². The molecule has 0 aliphatic carbocycles. The third-order valence-electron chi connectivity index (χ3n) is 2.83. The van der Waals surface area contributed by atoms with E-state index in [1.54, 1.807) is 0 Å². The summed E-state index contributed by atoms with van der Waals surface area (Å²) in [5.74, 6) is 1.17. The van der Waals surface area contributed by atoms with Gasteiger partial charge in [-0.3, -0.25) is 4.79 Å². The predicted molar refractivity (Wildman–Crippen MR) is 54.2 cm³/mol. The van der Waals surface area contributed by atoms with Gasteiger partial charge in [0.2, 0.25) is 0 Å². The molecular weight excluding hydrogens is 176 g/mol. The lowest BCUT2D eigenvalue weighted by Crippen LogP contribution is -2.30. The van der Waals surface area contributed by atoms with Crippen LogP contribution in [-0.4, -0.2) is 10.9 Å². The van der Waals surface area contributed by atoms with Crippen LogP contribution >= 0.6 is 0 Å². The Labute approximate surface area is 82.6 Å². The first-order chi connectivity index (χ1) is 6.65. The summed E-state index contributed by atoms with van der Waals surface area (Å²) in [6, 6.07) is 5.73. The highest BCUT2D eigenvalue weighted by molar-refractivity contribution is 5.83. The maximum Gasteiger partial charge on any atom is 0.253 e. The Kier molecular flexibility index (Phi) is 1.88. The summed E-state index contributed by atoms with van der Waals surface area (Å²) < 4.78 is 4.20. The molecule has 0 saturated heterocycles. The highest BCUT2D eigenvalue weighted by atomic mass is 16.1. The van der Waals surface area contributed by atoms with Gasteiger partial charge in [-0.05, 0) is 18.2 Å². The van der Waals surface area contributed by atoms with E-state index in [0.29, 0.717) is 0 Å². The first-order valence-electron chi connectivity index (χ1n) is 4.55. The van der Waals surface area contributed by atoms with Gasteiger partial charge < -0.3 is 0 Å². The van der Waals surface area contributed by atoms with Gasteiger partial charge in [-0.25, -0.2) is 9.13 Å². The van der Waals surface area contributed by atoms with Crippen molar-refractivity contribution in [3.8, 4) is 0 Å². The molecule has 0 N–H and O–H groups in total. The van der Waals surface area contributed by atoms with E-state index in [2.05, 4.69) is 16.1 Å². The average molecular weight is 189 g/mol. The van der Waals surface area contributed by atoms with E-state index in [9.17, 15) is 4.79 Å². The summed E-state index contributed by atoms with van der Waals surface area (Å²) in [6.45, 7) is 2.06. The maximum atomic E-state index is 10.6. The van der Waals surface area contributed by atoms with Crippen LogP contribution in [0.5, 0.6) is 0 Å². The number of hydrogen-bond donors (Lipinski definition) is 0. The second-order valence-electron chi connectivity index (χ2n) is 3.53. The number of nitrogens with zero attached hydrogens (tertiary/aromatic N) is 2. The predicted octanol–water partition coefficient (Wildman–Crippen LogP) is 1.12. The van der Waals surface area contributed by atoms with Crippen molar-refractivity contribution in [1.82, 2.24) is 4.57 Å². The van der Waals surface area contributed by atoms with Crippen molar-refractivity contribution in [2.45, 2.75) is 6.92 Å². The van der Waals surface area contributed by atoms with E-state index in [0.717, 1.165) is 22.9 Å². The van der Waals surface area contributed by atoms with Gasteiger partial charge in [0, 0.05) is 12.5 Å². The zero-order valence-electron chi connectivity index (χ0n) is 8.61. The summed E-state index contributed by atoms with van der Waals surface area (Å²) in [6.07, 6.45) is 0.877. The molecule has 0 spiro atoms. The van der Waals surface area contributed by atoms with Gasteiger partial charge in [-0.1, -0.05) is 0 Å². The lowest BCUT2D eigenvalue weighted by atomic mass is 10.2. The molecule has 72 valence electrons. The molecule has 0 radical (unpaired) electrons. The van der Waals surface area contributed by atoms with E-state index in [-0.39, 0.29) is 0 Å². The molecular formula is C11H13N2O+. The molecule has 0 aliphatic heterocycles. The number of carbonyl (C=O) groups is 1. The van der Waals surface area contributed by atoms with Crippen LogP contribution in [-0.2, 0) is 14.1 Å². The third kappa shape index (κ3) is 1.05. The monoisotopic (exact) mass is 189 g/mol. The number of imidazole rings is 1. The molecule has 0 saturated carbocycles. The van der Waals surface area contributed by atoms with Crippen LogP contribution in [0.3, 0.4) is 0 Å². The number of aldehydes is 1. The Bertz CT molecular complexity index is 511. The van der Waals surface area contributed by atoms with Crippen molar-refractivity contribution < 1.29 is 9.36 Å². The molecule has 0 atom stereocenters. The molecule has 1 heterocycles. The third-order valence-corrected chi connectivity index (χ3v) is 2.83. The molecule has 0 aliphatic rings. The molecule has 14 heavy (non-hydrogen) atoms. The van der Waals surface area contributed by atoms with E-state index in [1.807, 2.05) is 32.3 Å². The number of rotatable bonds is 1. The molecule has 3 nitrogen and oxygen atoms in total. The number of benzene rings is 1. The first kappa shape index (κ1) is 8.94. The molecule has 0 amide bonds. The number of carbonyl (C=O) groups excluding carboxylic acids is 1. The van der Waals surface area contributed by atoms with Crippen molar-refractivity contribution in [3.05, 3.63) is 29.6 Å². The molecule has 0 fully saturated rings. The fourth-order valence-electron chi connectivity index (χ4n) is 1.74. The van der Waals surface area contributed by atoms with Crippen LogP contribution in [0.4, 0.5) is 0 Å². The minimum absolute atomic E-state index is 0.721. The van der Waals surface area contributed by atoms with E-state index >= 15 is 0 Å². The van der Waals surface area contributed by atoms with Gasteiger partial charge in [0.05, 0.1) is 14.1 Å². The van der Waals surface area contributed by atoms with E-state index in [1.165, 1.54) is 5.82 Å². The normalized spacial score (nSPS) is 10.8. The van der Waals surface area contributed by atoms with Crippen LogP contribution in [0.15, 0.2) is 18.2 Å². The zero-order valence-corrected chi connectivity index (χ0v) is 8.61. The van der Waals surface area contributed by atoms with Gasteiger partial charge >= 0.3 is 0 Å². The van der Waals surface area contributed by atoms with Crippen LogP contribution in [0.25, 0.3) is 11.0 Å². The molecule has 0 unspecified atom stereocenters. The number of hydrogen-bond acceptors (Lipinski definition) is 1. The fourth-order valence-corrected chi connectivity index (χ4v) is 1.74. The maximum absolute atomic E-state index is 10.6. The summed E-state index contributed by atoms with van der Waals surface area (Å²) in [5, 5.41) is 0. The molecule has 0 bridgehead atoms. The van der Waals surface area contributed by atoms with Gasteiger partial charge in [0.1, 0.15) is 6.29 Å². The lowest BCUT2D eigenvalue weighted by molar-refractivity contribution is -0.652. The first-order valence-corrected chi connectivity index (χ1v) is 4.55. The second-order valence-corrected chi connectivity index (χ2v) is 3.53. The molecule has 1 aromatic carbocycles. The molecule has 2 aromatic rings. The largest absolute Gasteiger partial charge is 0.298 e. The van der Waals surface area contributed by atoms with Crippen molar-refractivity contribution in [3.63, 3.8) is 0 Å². The van der Waals surface area contributed by atoms with Crippen molar-refractivity contribution in [1.29, 1.82) is 0 Å². The quantitative estimate of drug-likeness (QED) is 0.487. The molecule has 1 aromatic heterocycles. The topological polar surface area (TPSA) is 25.9 Å². The summed E-state index contributed by atoms with van der Waals surface area (Å²) in [4.78, 5) is 10.6. The van der Waals surface area contributed by atoms with Crippen LogP contribution in [0.1, 0.15) is 16.2 Å². The Morgan fingerprint density at radius 3 is 2.79 bits per heavy atom. The number of aromatic nitrogens is 2. The van der Waals surface area contributed by atoms with Crippen LogP contribution in [0, 0.1) is 6.92 Å². The Balaban J connectivity index is 2.88. The fraction of sp³-hybridized carbons (Fsp3) is 0.273. The SMILES string of the molecule is Cc1n(C)c2cc(C=O)ccc2[n+]1C. The second kappa shape index (κ2) is 2.94. The van der Waals surface area contributed by atoms with Crippen molar-refractivity contribution in [2.24, 2.45) is 14.1 Å². The van der Waals surface area contributed by atoms with E-state index in [4.69, 9.17) is 0 Å². The highest BCUT2D eigenvalue weighted by Gasteiger charge is 2.15. The summed E-state index contributed by atoms with van der Waals surface area (Å²) in [7, 11) is 4.03. The Morgan fingerprint density at radius 1 is 1.43 bits per heavy atom. The number of fused-ring (bicyclic) bond motifs is 1. The minimum Gasteiger partial charge on any atom is -0.298 e. The van der Waals surface area contributed by atoms with Gasteiger partial charge in [0.25, 0.3) is 5.82 Å². The van der Waals surface area contributed by atoms with Crippen LogP contribution in [0.2, 0.25) is 0 Å².